The van der Waals surface area contributed by atoms with Gasteiger partial charge in [-0.05, 0) is 67.2 Å². The second-order valence-corrected chi connectivity index (χ2v) is 10.1. The Labute approximate surface area is 205 Å². The molecule has 2 amide bonds. The lowest BCUT2D eigenvalue weighted by Gasteiger charge is -2.33. The Bertz CT molecular complexity index is 1100. The van der Waals surface area contributed by atoms with Crippen LogP contribution < -0.4 is 5.32 Å². The highest BCUT2D eigenvalue weighted by Crippen LogP contribution is 2.54. The average molecular weight is 477 g/mol. The molecule has 3 atom stereocenters. The van der Waals surface area contributed by atoms with Gasteiger partial charge >= 0.3 is 12.1 Å². The Morgan fingerprint density at radius 2 is 1.77 bits per heavy atom. The maximum absolute atomic E-state index is 12.7. The molecule has 35 heavy (non-hydrogen) atoms. The van der Waals surface area contributed by atoms with E-state index in [2.05, 4.69) is 29.6 Å². The molecular weight excluding hydrogens is 444 g/mol. The average Bonchev–Trinajstić information content (AvgIpc) is 3.53. The van der Waals surface area contributed by atoms with E-state index in [0.717, 1.165) is 12.8 Å². The second-order valence-electron chi connectivity index (χ2n) is 10.1. The van der Waals surface area contributed by atoms with Crippen molar-refractivity contribution in [1.29, 1.82) is 0 Å². The number of fused-ring (bicyclic) bond motifs is 4. The minimum absolute atomic E-state index is 0.0124. The monoisotopic (exact) mass is 476 g/mol. The zero-order valence-corrected chi connectivity index (χ0v) is 20.0. The molecule has 2 aromatic carbocycles. The van der Waals surface area contributed by atoms with Crippen molar-refractivity contribution in [2.75, 3.05) is 13.2 Å². The largest absolute Gasteiger partial charge is 0.479 e. The van der Waals surface area contributed by atoms with Crippen molar-refractivity contribution in [3.8, 4) is 11.1 Å². The summed E-state index contributed by atoms with van der Waals surface area (Å²) in [5, 5.41) is 12.5. The number of ether oxygens (including phenoxy) is 1. The molecule has 1 saturated heterocycles. The summed E-state index contributed by atoms with van der Waals surface area (Å²) in [5.74, 6) is -0.853. The van der Waals surface area contributed by atoms with Crippen molar-refractivity contribution in [1.82, 2.24) is 10.2 Å². The summed E-state index contributed by atoms with van der Waals surface area (Å²) in [4.78, 5) is 38.6. The Hall–Kier alpha value is -3.35. The number of benzene rings is 2. The van der Waals surface area contributed by atoms with E-state index in [1.54, 1.807) is 4.90 Å². The number of carbonyl (C=O) groups excluding carboxylic acids is 2. The number of likely N-dealkylation sites (tertiary alicyclic amines) is 1. The molecule has 1 saturated carbocycles. The van der Waals surface area contributed by atoms with Crippen LogP contribution in [0.5, 0.6) is 0 Å². The molecule has 5 rings (SSSR count). The number of hydrogen-bond donors (Lipinski definition) is 2. The van der Waals surface area contributed by atoms with E-state index in [4.69, 9.17) is 4.74 Å². The minimum Gasteiger partial charge on any atom is -0.479 e. The van der Waals surface area contributed by atoms with Gasteiger partial charge in [0.05, 0.1) is 0 Å². The number of aliphatic carboxylic acids is 1. The Balaban J connectivity index is 1.08. The van der Waals surface area contributed by atoms with Gasteiger partial charge in [0.1, 0.15) is 12.1 Å². The molecule has 1 aliphatic heterocycles. The first kappa shape index (κ1) is 23.4. The van der Waals surface area contributed by atoms with Crippen LogP contribution in [0.25, 0.3) is 11.1 Å². The van der Waals surface area contributed by atoms with E-state index >= 15 is 0 Å². The third-order valence-corrected chi connectivity index (χ3v) is 7.90. The van der Waals surface area contributed by atoms with Crippen LogP contribution in [-0.2, 0) is 14.3 Å². The van der Waals surface area contributed by atoms with Crippen LogP contribution in [0.2, 0.25) is 0 Å². The molecule has 0 bridgehead atoms. The Morgan fingerprint density at radius 1 is 1.11 bits per heavy atom. The van der Waals surface area contributed by atoms with E-state index < -0.39 is 17.6 Å². The highest BCUT2D eigenvalue weighted by molar-refractivity contribution is 5.90. The molecule has 3 unspecified atom stereocenters. The van der Waals surface area contributed by atoms with E-state index in [0.29, 0.717) is 32.2 Å². The molecule has 7 heteroatoms. The summed E-state index contributed by atoms with van der Waals surface area (Å²) in [6.07, 6.45) is 3.36. The molecule has 0 spiro atoms. The van der Waals surface area contributed by atoms with Crippen molar-refractivity contribution in [2.45, 2.75) is 62.9 Å². The predicted molar refractivity (Wildman–Crippen MR) is 131 cm³/mol. The van der Waals surface area contributed by atoms with Crippen LogP contribution in [0.1, 0.15) is 62.5 Å². The molecular formula is C28H32N2O5. The highest BCUT2D eigenvalue weighted by Gasteiger charge is 2.66. The van der Waals surface area contributed by atoms with E-state index in [-0.39, 0.29) is 30.4 Å². The number of alkyl carbamates (subject to hydrolysis) is 1. The van der Waals surface area contributed by atoms with Gasteiger partial charge < -0.3 is 20.1 Å². The van der Waals surface area contributed by atoms with Crippen LogP contribution in [-0.4, -0.2) is 52.7 Å². The van der Waals surface area contributed by atoms with Crippen LogP contribution in [0.3, 0.4) is 0 Å². The predicted octanol–water partition coefficient (Wildman–Crippen LogP) is 4.55. The van der Waals surface area contributed by atoms with Gasteiger partial charge in [0.25, 0.3) is 0 Å². The van der Waals surface area contributed by atoms with Gasteiger partial charge in [-0.2, -0.15) is 0 Å². The van der Waals surface area contributed by atoms with E-state index in [1.165, 1.54) is 22.3 Å². The minimum atomic E-state index is -0.958. The van der Waals surface area contributed by atoms with Crippen molar-refractivity contribution in [2.24, 2.45) is 5.92 Å². The number of carboxylic acid groups (broad SMARTS) is 1. The van der Waals surface area contributed by atoms with Gasteiger partial charge in [-0.15, -0.1) is 0 Å². The van der Waals surface area contributed by atoms with E-state index in [9.17, 15) is 19.5 Å². The third kappa shape index (κ3) is 4.28. The third-order valence-electron chi connectivity index (χ3n) is 7.90. The zero-order chi connectivity index (χ0) is 24.6. The van der Waals surface area contributed by atoms with Crippen molar-refractivity contribution >= 4 is 18.0 Å². The Kier molecular flexibility index (Phi) is 6.26. The number of carboxylic acids is 1. The van der Waals surface area contributed by atoms with E-state index in [1.807, 2.05) is 31.2 Å². The smallest absolute Gasteiger partial charge is 0.407 e. The molecule has 184 valence electrons. The molecule has 2 fully saturated rings. The normalized spacial score (nSPS) is 23.0. The lowest BCUT2D eigenvalue weighted by atomic mass is 9.98. The Morgan fingerprint density at radius 3 is 2.43 bits per heavy atom. The quantitative estimate of drug-likeness (QED) is 0.583. The number of carbonyl (C=O) groups is 3. The summed E-state index contributed by atoms with van der Waals surface area (Å²) in [6, 6.07) is 16.3. The number of piperidine rings is 1. The molecule has 2 aliphatic carbocycles. The zero-order valence-electron chi connectivity index (χ0n) is 20.0. The lowest BCUT2D eigenvalue weighted by molar-refractivity contribution is -0.154. The molecule has 1 heterocycles. The topological polar surface area (TPSA) is 95.9 Å². The van der Waals surface area contributed by atoms with Gasteiger partial charge in [0.15, 0.2) is 0 Å². The summed E-state index contributed by atoms with van der Waals surface area (Å²) >= 11 is 0. The fourth-order valence-electron chi connectivity index (χ4n) is 6.02. The van der Waals surface area contributed by atoms with Crippen LogP contribution in [0, 0.1) is 5.92 Å². The van der Waals surface area contributed by atoms with Crippen molar-refractivity contribution in [3.05, 3.63) is 59.7 Å². The van der Waals surface area contributed by atoms with Gasteiger partial charge in [-0.3, -0.25) is 4.79 Å². The van der Waals surface area contributed by atoms with Crippen molar-refractivity contribution < 1.29 is 24.2 Å². The van der Waals surface area contributed by atoms with Crippen molar-refractivity contribution in [3.63, 3.8) is 0 Å². The first-order chi connectivity index (χ1) is 16.9. The maximum Gasteiger partial charge on any atom is 0.407 e. The van der Waals surface area contributed by atoms with Crippen LogP contribution in [0.15, 0.2) is 48.5 Å². The molecule has 7 nitrogen and oxygen atoms in total. The van der Waals surface area contributed by atoms with Gasteiger partial charge in [-0.1, -0.05) is 48.5 Å². The fourth-order valence-corrected chi connectivity index (χ4v) is 6.02. The molecule has 3 aliphatic rings. The van der Waals surface area contributed by atoms with Crippen LogP contribution in [0.4, 0.5) is 4.79 Å². The van der Waals surface area contributed by atoms with Gasteiger partial charge in [0.2, 0.25) is 5.91 Å². The number of amides is 2. The molecule has 2 N–H and O–H groups in total. The second kappa shape index (κ2) is 9.36. The fraction of sp³-hybridized carbons (Fsp3) is 0.464. The highest BCUT2D eigenvalue weighted by atomic mass is 16.5. The lowest BCUT2D eigenvalue weighted by Crippen LogP contribution is -2.51. The number of nitrogens with one attached hydrogen (secondary N) is 1. The summed E-state index contributed by atoms with van der Waals surface area (Å²) in [7, 11) is 0. The number of hydrogen-bond acceptors (Lipinski definition) is 4. The summed E-state index contributed by atoms with van der Waals surface area (Å²) < 4.78 is 5.60. The first-order valence-corrected chi connectivity index (χ1v) is 12.6. The molecule has 0 aromatic heterocycles. The SMILES string of the molecule is CC(CCCC(=O)N1CCCC2CC21C(=O)O)NC(=O)OCC1c2ccccc2-c2ccccc21. The summed E-state index contributed by atoms with van der Waals surface area (Å²) in [6.45, 7) is 2.68. The van der Waals surface area contributed by atoms with Gasteiger partial charge in [-0.25, -0.2) is 9.59 Å². The van der Waals surface area contributed by atoms with Gasteiger partial charge in [0, 0.05) is 24.9 Å². The number of rotatable bonds is 8. The summed E-state index contributed by atoms with van der Waals surface area (Å²) in [5.41, 5.74) is 3.75. The maximum atomic E-state index is 12.7. The molecule has 0 radical (unpaired) electrons. The molecule has 2 aromatic rings. The number of nitrogens with zero attached hydrogens (tertiary/aromatic N) is 1. The van der Waals surface area contributed by atoms with Crippen LogP contribution >= 0.6 is 0 Å². The first-order valence-electron chi connectivity index (χ1n) is 12.6. The standard InChI is InChI=1S/C28H32N2O5/c1-18(8-6-14-25(31)30-15-7-9-19-16-28(19,30)26(32)33)29-27(34)35-17-24-22-12-4-2-10-20(22)21-11-3-5-13-23(21)24/h2-5,10-13,18-19,24H,6-9,14-17H2,1H3,(H,29,34)(H,32,33).